The number of esters is 2. The number of unbranched alkanes of at least 4 members (excludes halogenated alkanes) is 1. The maximum absolute atomic E-state index is 12.6. The Balaban J connectivity index is 4.75. The standard InChI is InChI=1S/C24H44N2O8/c1-22(2,3)32-18(27)14-13-17(20(30)33-23(4,5)6)25-15-11-10-12-16(19(28)29)26-21(31)34-24(7,8)9/h16-17,25H,10-15H2,1-9H3,(H,26,31)(H,28,29). The van der Waals surface area contributed by atoms with Crippen molar-refractivity contribution < 1.29 is 38.5 Å². The van der Waals surface area contributed by atoms with Gasteiger partial charge in [0, 0.05) is 6.42 Å². The molecule has 34 heavy (non-hydrogen) atoms. The van der Waals surface area contributed by atoms with Crippen molar-refractivity contribution in [1.82, 2.24) is 10.6 Å². The number of nitrogens with one attached hydrogen (secondary N) is 2. The number of hydrogen-bond acceptors (Lipinski definition) is 8. The molecule has 10 heteroatoms. The van der Waals surface area contributed by atoms with Crippen molar-refractivity contribution in [1.29, 1.82) is 0 Å². The Morgan fingerprint density at radius 3 is 1.74 bits per heavy atom. The van der Waals surface area contributed by atoms with E-state index in [1.165, 1.54) is 0 Å². The third-order valence-electron chi connectivity index (χ3n) is 4.05. The summed E-state index contributed by atoms with van der Waals surface area (Å²) in [6, 6.07) is -1.79. The number of aliphatic carboxylic acids is 1. The van der Waals surface area contributed by atoms with Crippen LogP contribution in [0.3, 0.4) is 0 Å². The molecule has 0 aliphatic carbocycles. The molecule has 0 saturated carbocycles. The predicted molar refractivity (Wildman–Crippen MR) is 127 cm³/mol. The zero-order valence-electron chi connectivity index (χ0n) is 22.2. The quantitative estimate of drug-likeness (QED) is 0.214. The van der Waals surface area contributed by atoms with Crippen LogP contribution in [0, 0.1) is 0 Å². The van der Waals surface area contributed by atoms with Gasteiger partial charge in [-0.3, -0.25) is 9.59 Å². The topological polar surface area (TPSA) is 140 Å². The fraction of sp³-hybridized carbons (Fsp3) is 0.833. The lowest BCUT2D eigenvalue weighted by Crippen LogP contribution is -2.44. The van der Waals surface area contributed by atoms with Crippen LogP contribution in [0.2, 0.25) is 0 Å². The van der Waals surface area contributed by atoms with Gasteiger partial charge < -0.3 is 30.0 Å². The highest BCUT2D eigenvalue weighted by Crippen LogP contribution is 2.14. The normalized spacial score (nSPS) is 14.0. The van der Waals surface area contributed by atoms with E-state index in [4.69, 9.17) is 14.2 Å². The highest BCUT2D eigenvalue weighted by Gasteiger charge is 2.27. The minimum atomic E-state index is -1.15. The summed E-state index contributed by atoms with van der Waals surface area (Å²) in [6.45, 7) is 16.1. The van der Waals surface area contributed by atoms with Crippen molar-refractivity contribution >= 4 is 24.0 Å². The summed E-state index contributed by atoms with van der Waals surface area (Å²) in [5.41, 5.74) is -2.02. The van der Waals surface area contributed by atoms with Crippen molar-refractivity contribution in [2.45, 2.75) is 123 Å². The van der Waals surface area contributed by atoms with Crippen LogP contribution in [0.4, 0.5) is 4.79 Å². The molecule has 0 bridgehead atoms. The molecule has 2 unspecified atom stereocenters. The number of carboxylic acids is 1. The molecule has 0 aliphatic heterocycles. The molecular weight excluding hydrogens is 444 g/mol. The molecule has 1 amide bonds. The molecular formula is C24H44N2O8. The largest absolute Gasteiger partial charge is 0.480 e. The Morgan fingerprint density at radius 2 is 1.26 bits per heavy atom. The van der Waals surface area contributed by atoms with Crippen LogP contribution in [-0.2, 0) is 28.6 Å². The molecule has 0 heterocycles. The van der Waals surface area contributed by atoms with Crippen LogP contribution in [-0.4, -0.2) is 64.5 Å². The number of amides is 1. The molecule has 0 fully saturated rings. The molecule has 2 atom stereocenters. The average Bonchev–Trinajstić information content (AvgIpc) is 2.57. The lowest BCUT2D eigenvalue weighted by molar-refractivity contribution is -0.159. The van der Waals surface area contributed by atoms with E-state index in [2.05, 4.69) is 10.6 Å². The van der Waals surface area contributed by atoms with Crippen LogP contribution in [0.5, 0.6) is 0 Å². The van der Waals surface area contributed by atoms with Crippen LogP contribution in [0.15, 0.2) is 0 Å². The van der Waals surface area contributed by atoms with Crippen molar-refractivity contribution in [3.8, 4) is 0 Å². The first-order chi connectivity index (χ1) is 15.3. The molecule has 0 spiro atoms. The maximum atomic E-state index is 12.6. The molecule has 0 saturated heterocycles. The highest BCUT2D eigenvalue weighted by molar-refractivity contribution is 5.80. The van der Waals surface area contributed by atoms with Crippen LogP contribution in [0.25, 0.3) is 0 Å². The SMILES string of the molecule is CC(C)(C)OC(=O)CCC(NCCCCC(NC(=O)OC(C)(C)C)C(=O)O)C(=O)OC(C)(C)C. The molecule has 3 N–H and O–H groups in total. The van der Waals surface area contributed by atoms with Gasteiger partial charge >= 0.3 is 24.0 Å². The summed E-state index contributed by atoms with van der Waals surface area (Å²) in [7, 11) is 0. The Bertz CT molecular complexity index is 687. The number of ether oxygens (including phenoxy) is 3. The van der Waals surface area contributed by atoms with E-state index < -0.39 is 52.9 Å². The number of alkyl carbamates (subject to hydrolysis) is 1. The van der Waals surface area contributed by atoms with E-state index in [9.17, 15) is 24.3 Å². The van der Waals surface area contributed by atoms with E-state index in [-0.39, 0.29) is 19.3 Å². The average molecular weight is 489 g/mol. The fourth-order valence-electron chi connectivity index (χ4n) is 2.79. The van der Waals surface area contributed by atoms with Gasteiger partial charge in [-0.25, -0.2) is 9.59 Å². The first-order valence-electron chi connectivity index (χ1n) is 11.7. The van der Waals surface area contributed by atoms with E-state index in [0.29, 0.717) is 19.4 Å². The van der Waals surface area contributed by atoms with E-state index >= 15 is 0 Å². The molecule has 0 aliphatic rings. The molecule has 0 aromatic carbocycles. The molecule has 0 aromatic rings. The first kappa shape index (κ1) is 31.6. The highest BCUT2D eigenvalue weighted by atomic mass is 16.6. The minimum absolute atomic E-state index is 0.0507. The number of carbonyl (C=O) groups is 4. The van der Waals surface area contributed by atoms with Gasteiger partial charge in [-0.1, -0.05) is 0 Å². The van der Waals surface area contributed by atoms with Crippen LogP contribution < -0.4 is 10.6 Å². The molecule has 0 aromatic heterocycles. The summed E-state index contributed by atoms with van der Waals surface area (Å²) in [4.78, 5) is 47.9. The van der Waals surface area contributed by atoms with E-state index in [1.807, 2.05) is 0 Å². The molecule has 198 valence electrons. The van der Waals surface area contributed by atoms with Crippen LogP contribution >= 0.6 is 0 Å². The number of carboxylic acid groups (broad SMARTS) is 1. The van der Waals surface area contributed by atoms with Gasteiger partial charge in [-0.2, -0.15) is 0 Å². The van der Waals surface area contributed by atoms with Gasteiger partial charge in [0.05, 0.1) is 0 Å². The Labute approximate surface area is 203 Å². The smallest absolute Gasteiger partial charge is 0.408 e. The summed E-state index contributed by atoms with van der Waals surface area (Å²) < 4.78 is 15.9. The van der Waals surface area contributed by atoms with Gasteiger partial charge in [0.25, 0.3) is 0 Å². The molecule has 0 radical (unpaired) electrons. The van der Waals surface area contributed by atoms with E-state index in [1.54, 1.807) is 62.3 Å². The second-order valence-electron chi connectivity index (χ2n) is 11.2. The van der Waals surface area contributed by atoms with Crippen molar-refractivity contribution in [3.05, 3.63) is 0 Å². The third-order valence-corrected chi connectivity index (χ3v) is 4.05. The van der Waals surface area contributed by atoms with Gasteiger partial charge in [0.15, 0.2) is 0 Å². The lowest BCUT2D eigenvalue weighted by atomic mass is 10.1. The predicted octanol–water partition coefficient (Wildman–Crippen LogP) is 3.56. The third kappa shape index (κ3) is 17.2. The van der Waals surface area contributed by atoms with Crippen molar-refractivity contribution in [2.75, 3.05) is 6.54 Å². The van der Waals surface area contributed by atoms with Crippen molar-refractivity contribution in [3.63, 3.8) is 0 Å². The minimum Gasteiger partial charge on any atom is -0.480 e. The van der Waals surface area contributed by atoms with Crippen molar-refractivity contribution in [2.24, 2.45) is 0 Å². The number of carbonyl (C=O) groups excluding carboxylic acids is 3. The number of rotatable bonds is 12. The molecule has 0 rings (SSSR count). The summed E-state index contributed by atoms with van der Waals surface area (Å²) in [5.74, 6) is -2.02. The van der Waals surface area contributed by atoms with Gasteiger partial charge in [-0.15, -0.1) is 0 Å². The zero-order chi connectivity index (χ0) is 26.7. The summed E-state index contributed by atoms with van der Waals surface area (Å²) >= 11 is 0. The van der Waals surface area contributed by atoms with Gasteiger partial charge in [-0.05, 0) is 94.5 Å². The Morgan fingerprint density at radius 1 is 0.735 bits per heavy atom. The summed E-state index contributed by atoms with van der Waals surface area (Å²) in [5, 5.41) is 14.8. The van der Waals surface area contributed by atoms with Crippen LogP contribution in [0.1, 0.15) is 94.4 Å². The Kier molecular flexibility index (Phi) is 12.6. The number of hydrogen-bond donors (Lipinski definition) is 3. The Hall–Kier alpha value is -2.36. The second kappa shape index (κ2) is 13.5. The zero-order valence-corrected chi connectivity index (χ0v) is 22.2. The second-order valence-corrected chi connectivity index (χ2v) is 11.2. The summed E-state index contributed by atoms with van der Waals surface area (Å²) in [6.07, 6.45) is 0.700. The lowest BCUT2D eigenvalue weighted by Gasteiger charge is -2.25. The first-order valence-corrected chi connectivity index (χ1v) is 11.7. The monoisotopic (exact) mass is 488 g/mol. The maximum Gasteiger partial charge on any atom is 0.408 e. The fourth-order valence-corrected chi connectivity index (χ4v) is 2.79. The van der Waals surface area contributed by atoms with Gasteiger partial charge in [0.1, 0.15) is 28.9 Å². The van der Waals surface area contributed by atoms with Gasteiger partial charge in [0.2, 0.25) is 0 Å². The molecule has 10 nitrogen and oxygen atoms in total. The van der Waals surface area contributed by atoms with E-state index in [0.717, 1.165) is 0 Å².